The van der Waals surface area contributed by atoms with E-state index in [4.69, 9.17) is 5.73 Å². The largest absolute Gasteiger partial charge is 0.395 e. The van der Waals surface area contributed by atoms with E-state index in [1.807, 2.05) is 18.2 Å². The SMILES string of the molecule is Nc1c(Cc2ccc3[nH]cnc3c2)c(=O)c1=O. The Morgan fingerprint density at radius 3 is 2.82 bits per heavy atom. The molecular weight excluding hydrogens is 218 g/mol. The fourth-order valence-electron chi connectivity index (χ4n) is 1.92. The summed E-state index contributed by atoms with van der Waals surface area (Å²) in [5, 5.41) is 0. The lowest BCUT2D eigenvalue weighted by molar-refractivity contribution is 1.13. The third-order valence-electron chi connectivity index (χ3n) is 2.92. The molecule has 3 N–H and O–H groups in total. The van der Waals surface area contributed by atoms with E-state index in [-0.39, 0.29) is 5.69 Å². The summed E-state index contributed by atoms with van der Waals surface area (Å²) < 4.78 is 0. The highest BCUT2D eigenvalue weighted by Crippen LogP contribution is 2.15. The smallest absolute Gasteiger partial charge is 0.249 e. The van der Waals surface area contributed by atoms with Gasteiger partial charge in [0.2, 0.25) is 10.9 Å². The van der Waals surface area contributed by atoms with Gasteiger partial charge in [-0.25, -0.2) is 4.98 Å². The number of nitrogens with zero attached hydrogens (tertiary/aromatic N) is 1. The van der Waals surface area contributed by atoms with E-state index >= 15 is 0 Å². The van der Waals surface area contributed by atoms with Gasteiger partial charge in [-0.15, -0.1) is 0 Å². The molecule has 0 unspecified atom stereocenters. The van der Waals surface area contributed by atoms with Gasteiger partial charge in [-0.3, -0.25) is 9.59 Å². The Morgan fingerprint density at radius 1 is 1.24 bits per heavy atom. The number of nitrogens with one attached hydrogen (secondary N) is 1. The van der Waals surface area contributed by atoms with Crippen LogP contribution in [-0.4, -0.2) is 9.97 Å². The monoisotopic (exact) mass is 227 g/mol. The van der Waals surface area contributed by atoms with Crippen LogP contribution < -0.4 is 16.6 Å². The molecule has 0 aliphatic heterocycles. The minimum absolute atomic E-state index is 0.0946. The van der Waals surface area contributed by atoms with Crippen LogP contribution in [0.25, 0.3) is 11.0 Å². The average molecular weight is 227 g/mol. The van der Waals surface area contributed by atoms with Gasteiger partial charge in [-0.2, -0.15) is 0 Å². The van der Waals surface area contributed by atoms with Crippen molar-refractivity contribution in [1.29, 1.82) is 0 Å². The Balaban J connectivity index is 2.00. The number of imidazole rings is 1. The van der Waals surface area contributed by atoms with Crippen LogP contribution in [0.2, 0.25) is 0 Å². The molecule has 5 heteroatoms. The number of nitrogen functional groups attached to an aromatic ring is 1. The van der Waals surface area contributed by atoms with E-state index < -0.39 is 10.9 Å². The van der Waals surface area contributed by atoms with Crippen molar-refractivity contribution in [3.05, 3.63) is 56.1 Å². The number of hydrogen-bond acceptors (Lipinski definition) is 4. The molecule has 0 fully saturated rings. The fraction of sp³-hybridized carbons (Fsp3) is 0.0833. The van der Waals surface area contributed by atoms with Crippen LogP contribution in [0, 0.1) is 0 Å². The van der Waals surface area contributed by atoms with Crippen molar-refractivity contribution in [1.82, 2.24) is 9.97 Å². The number of rotatable bonds is 2. The van der Waals surface area contributed by atoms with Crippen LogP contribution >= 0.6 is 0 Å². The van der Waals surface area contributed by atoms with Crippen molar-refractivity contribution in [3.8, 4) is 0 Å². The van der Waals surface area contributed by atoms with Crippen LogP contribution in [-0.2, 0) is 6.42 Å². The second-order valence-electron chi connectivity index (χ2n) is 3.98. The molecule has 0 saturated carbocycles. The molecule has 84 valence electrons. The minimum atomic E-state index is -0.569. The van der Waals surface area contributed by atoms with Crippen molar-refractivity contribution < 1.29 is 0 Å². The first-order chi connectivity index (χ1) is 8.16. The van der Waals surface area contributed by atoms with E-state index in [1.165, 1.54) is 0 Å². The molecule has 0 aliphatic rings. The van der Waals surface area contributed by atoms with Gasteiger partial charge in [-0.05, 0) is 17.7 Å². The number of anilines is 1. The van der Waals surface area contributed by atoms with Crippen molar-refractivity contribution in [2.45, 2.75) is 6.42 Å². The van der Waals surface area contributed by atoms with Crippen LogP contribution in [0.3, 0.4) is 0 Å². The Bertz CT molecular complexity index is 778. The first kappa shape index (κ1) is 9.77. The highest BCUT2D eigenvalue weighted by Gasteiger charge is 2.17. The minimum Gasteiger partial charge on any atom is -0.395 e. The van der Waals surface area contributed by atoms with Crippen LogP contribution in [0.15, 0.2) is 34.1 Å². The molecule has 0 bridgehead atoms. The van der Waals surface area contributed by atoms with Crippen LogP contribution in [0.5, 0.6) is 0 Å². The second-order valence-corrected chi connectivity index (χ2v) is 3.98. The molecule has 17 heavy (non-hydrogen) atoms. The Hall–Kier alpha value is -2.43. The number of fused-ring (bicyclic) bond motifs is 1. The molecule has 0 amide bonds. The maximum atomic E-state index is 11.3. The lowest BCUT2D eigenvalue weighted by atomic mass is 9.99. The van der Waals surface area contributed by atoms with Gasteiger partial charge >= 0.3 is 0 Å². The highest BCUT2D eigenvalue weighted by atomic mass is 16.2. The maximum absolute atomic E-state index is 11.3. The van der Waals surface area contributed by atoms with Gasteiger partial charge in [0.25, 0.3) is 0 Å². The van der Waals surface area contributed by atoms with E-state index in [0.29, 0.717) is 12.0 Å². The van der Waals surface area contributed by atoms with Gasteiger partial charge in [0.15, 0.2) is 0 Å². The van der Waals surface area contributed by atoms with Crippen molar-refractivity contribution in [2.75, 3.05) is 5.73 Å². The predicted octanol–water partition coefficient (Wildman–Crippen LogP) is 0.332. The van der Waals surface area contributed by atoms with E-state index in [9.17, 15) is 9.59 Å². The molecule has 0 atom stereocenters. The third-order valence-corrected chi connectivity index (χ3v) is 2.92. The van der Waals surface area contributed by atoms with Gasteiger partial charge in [0, 0.05) is 12.0 Å². The summed E-state index contributed by atoms with van der Waals surface area (Å²) in [6.07, 6.45) is 2.00. The molecule has 1 aromatic heterocycles. The molecule has 2 aromatic carbocycles. The molecule has 3 aromatic rings. The van der Waals surface area contributed by atoms with Gasteiger partial charge in [0.05, 0.1) is 23.0 Å². The first-order valence-corrected chi connectivity index (χ1v) is 5.16. The summed E-state index contributed by atoms with van der Waals surface area (Å²) in [7, 11) is 0. The Labute approximate surface area is 95.6 Å². The zero-order chi connectivity index (χ0) is 12.0. The fourth-order valence-corrected chi connectivity index (χ4v) is 1.92. The van der Waals surface area contributed by atoms with Crippen molar-refractivity contribution in [2.24, 2.45) is 0 Å². The zero-order valence-corrected chi connectivity index (χ0v) is 8.86. The van der Waals surface area contributed by atoms with Crippen LogP contribution in [0.1, 0.15) is 11.1 Å². The van der Waals surface area contributed by atoms with Crippen molar-refractivity contribution in [3.63, 3.8) is 0 Å². The zero-order valence-electron chi connectivity index (χ0n) is 8.86. The highest BCUT2D eigenvalue weighted by molar-refractivity contribution is 5.75. The molecule has 5 nitrogen and oxygen atoms in total. The summed E-state index contributed by atoms with van der Waals surface area (Å²) in [5.74, 6) is 0. The topological polar surface area (TPSA) is 88.8 Å². The summed E-state index contributed by atoms with van der Waals surface area (Å²) in [6.45, 7) is 0. The number of aromatic amines is 1. The van der Waals surface area contributed by atoms with Crippen LogP contribution in [0.4, 0.5) is 5.69 Å². The normalized spacial score (nSPS) is 11.3. The Kier molecular flexibility index (Phi) is 1.89. The quantitative estimate of drug-likeness (QED) is 0.617. The standard InChI is InChI=1S/C12H9N3O2/c13-10-7(11(16)12(10)17)3-6-1-2-8-9(4-6)15-5-14-8/h1-2,4-5H,3,13H2,(H,14,15). The second kappa shape index (κ2) is 3.28. The van der Waals surface area contributed by atoms with Gasteiger partial charge < -0.3 is 10.7 Å². The number of benzene rings is 1. The van der Waals surface area contributed by atoms with E-state index in [1.54, 1.807) is 6.33 Å². The molecule has 0 spiro atoms. The predicted molar refractivity (Wildman–Crippen MR) is 64.7 cm³/mol. The summed E-state index contributed by atoms with van der Waals surface area (Å²) >= 11 is 0. The molecule has 1 heterocycles. The first-order valence-electron chi connectivity index (χ1n) is 5.16. The van der Waals surface area contributed by atoms with E-state index in [0.717, 1.165) is 16.6 Å². The van der Waals surface area contributed by atoms with E-state index in [2.05, 4.69) is 9.97 Å². The number of hydrogen-bond donors (Lipinski definition) is 2. The van der Waals surface area contributed by atoms with Crippen molar-refractivity contribution >= 4 is 16.7 Å². The maximum Gasteiger partial charge on any atom is 0.249 e. The van der Waals surface area contributed by atoms with Gasteiger partial charge in [0.1, 0.15) is 0 Å². The number of H-pyrrole nitrogens is 1. The molecular formula is C12H9N3O2. The average Bonchev–Trinajstić information content (AvgIpc) is 2.81. The lowest BCUT2D eigenvalue weighted by Crippen LogP contribution is -2.38. The summed E-state index contributed by atoms with van der Waals surface area (Å²) in [5.41, 5.74) is 7.64. The molecule has 0 radical (unpaired) electrons. The molecule has 0 aliphatic carbocycles. The molecule has 0 saturated heterocycles. The lowest BCUT2D eigenvalue weighted by Gasteiger charge is -2.06. The summed E-state index contributed by atoms with van der Waals surface area (Å²) in [4.78, 5) is 29.4. The third kappa shape index (κ3) is 1.36. The number of nitrogens with two attached hydrogens (primary N) is 1. The van der Waals surface area contributed by atoms with Gasteiger partial charge in [-0.1, -0.05) is 6.07 Å². The summed E-state index contributed by atoms with van der Waals surface area (Å²) in [6, 6.07) is 5.65. The molecule has 3 rings (SSSR count). The Morgan fingerprint density at radius 2 is 2.06 bits per heavy atom. The number of aromatic nitrogens is 2.